The monoisotopic (exact) mass is 407 g/mol. The molecule has 0 aliphatic heterocycles. The number of halogens is 1. The van der Waals surface area contributed by atoms with Crippen molar-refractivity contribution in [2.24, 2.45) is 0 Å². The number of anilines is 1. The highest BCUT2D eigenvalue weighted by Crippen LogP contribution is 2.31. The predicted octanol–water partition coefficient (Wildman–Crippen LogP) is 5.21. The number of carbonyl (C=O) groups is 1. The molecule has 0 saturated heterocycles. The highest BCUT2D eigenvalue weighted by atomic mass is 32.1. The van der Waals surface area contributed by atoms with Gasteiger partial charge in [0.05, 0.1) is 0 Å². The van der Waals surface area contributed by atoms with Gasteiger partial charge in [0.2, 0.25) is 0 Å². The molecule has 146 valence electrons. The number of nitrogens with zero attached hydrogens (tertiary/aromatic N) is 2. The molecule has 1 amide bonds. The molecule has 0 aliphatic carbocycles. The summed E-state index contributed by atoms with van der Waals surface area (Å²) in [4.78, 5) is 22.3. The summed E-state index contributed by atoms with van der Waals surface area (Å²) >= 11 is 1.53. The van der Waals surface area contributed by atoms with Gasteiger partial charge in [-0.3, -0.25) is 4.79 Å². The first-order valence-electron chi connectivity index (χ1n) is 9.05. The van der Waals surface area contributed by atoms with E-state index >= 15 is 0 Å². The minimum absolute atomic E-state index is 0.283. The third-order valence-electron chi connectivity index (χ3n) is 4.39. The van der Waals surface area contributed by atoms with Gasteiger partial charge in [0.25, 0.3) is 5.91 Å². The van der Waals surface area contributed by atoms with Crippen molar-refractivity contribution in [3.8, 4) is 16.3 Å². The number of hydrogen-bond acceptors (Lipinski definition) is 5. The summed E-state index contributed by atoms with van der Waals surface area (Å²) in [6.07, 6.45) is 1.03. The Labute approximate surface area is 171 Å². The Balaban J connectivity index is 1.47. The number of fused-ring (bicyclic) bond motifs is 1. The molecular weight excluding hydrogens is 389 g/mol. The van der Waals surface area contributed by atoms with Crippen LogP contribution in [0.5, 0.6) is 5.75 Å². The fraction of sp³-hybridized carbons (Fsp3) is 0.136. The van der Waals surface area contributed by atoms with E-state index in [9.17, 15) is 9.18 Å². The maximum absolute atomic E-state index is 13.0. The number of aromatic nitrogens is 2. The molecule has 2 aromatic carbocycles. The van der Waals surface area contributed by atoms with Crippen LogP contribution in [0, 0.1) is 12.7 Å². The molecule has 5 nitrogen and oxygen atoms in total. The largest absolute Gasteiger partial charge is 0.481 e. The van der Waals surface area contributed by atoms with Crippen molar-refractivity contribution >= 4 is 33.3 Å². The van der Waals surface area contributed by atoms with Crippen LogP contribution in [0.25, 0.3) is 20.9 Å². The quantitative estimate of drug-likeness (QED) is 0.493. The maximum atomic E-state index is 13.0. The summed E-state index contributed by atoms with van der Waals surface area (Å²) in [6, 6.07) is 15.1. The van der Waals surface area contributed by atoms with Crippen LogP contribution in [0.2, 0.25) is 0 Å². The molecule has 0 fully saturated rings. The number of aryl methyl sites for hydroxylation is 1. The van der Waals surface area contributed by atoms with Crippen LogP contribution < -0.4 is 10.1 Å². The zero-order chi connectivity index (χ0) is 20.4. The van der Waals surface area contributed by atoms with Gasteiger partial charge >= 0.3 is 0 Å². The Bertz CT molecular complexity index is 1140. The van der Waals surface area contributed by atoms with E-state index in [1.165, 1.54) is 35.6 Å². The van der Waals surface area contributed by atoms with E-state index in [1.54, 1.807) is 13.1 Å². The van der Waals surface area contributed by atoms with Crippen LogP contribution in [-0.2, 0) is 4.79 Å². The average Bonchev–Trinajstić information content (AvgIpc) is 3.15. The first-order valence-corrected chi connectivity index (χ1v) is 9.87. The number of ether oxygens (including phenoxy) is 1. The van der Waals surface area contributed by atoms with E-state index in [2.05, 4.69) is 15.3 Å². The molecule has 1 N–H and O–H groups in total. The highest BCUT2D eigenvalue weighted by molar-refractivity contribution is 7.21. The Morgan fingerprint density at radius 3 is 2.69 bits per heavy atom. The second kappa shape index (κ2) is 7.97. The van der Waals surface area contributed by atoms with Crippen molar-refractivity contribution < 1.29 is 13.9 Å². The number of hydrogen-bond donors (Lipinski definition) is 1. The lowest BCUT2D eigenvalue weighted by Gasteiger charge is -2.16. The van der Waals surface area contributed by atoms with Crippen LogP contribution >= 0.6 is 11.3 Å². The standard InChI is InChI=1S/C22H18FN3O2S/c1-13-12-15(21-26-19-4-3-11-24-22(19)29-21)5-10-18(13)25-20(27)14(2)28-17-8-6-16(23)7-9-17/h3-12,14H,1-2H3,(H,25,27). The van der Waals surface area contributed by atoms with E-state index in [0.29, 0.717) is 11.4 Å². The lowest BCUT2D eigenvalue weighted by Crippen LogP contribution is -2.30. The van der Waals surface area contributed by atoms with Crippen LogP contribution in [0.1, 0.15) is 12.5 Å². The second-order valence-electron chi connectivity index (χ2n) is 6.58. The van der Waals surface area contributed by atoms with Crippen molar-refractivity contribution in [3.63, 3.8) is 0 Å². The summed E-state index contributed by atoms with van der Waals surface area (Å²) in [5.41, 5.74) is 3.46. The highest BCUT2D eigenvalue weighted by Gasteiger charge is 2.16. The molecule has 29 heavy (non-hydrogen) atoms. The number of rotatable bonds is 5. The van der Waals surface area contributed by atoms with Gasteiger partial charge < -0.3 is 10.1 Å². The SMILES string of the molecule is Cc1cc(-c2nc3cccnc3s2)ccc1NC(=O)C(C)Oc1ccc(F)cc1. The van der Waals surface area contributed by atoms with E-state index < -0.39 is 6.10 Å². The van der Waals surface area contributed by atoms with Gasteiger partial charge in [-0.25, -0.2) is 14.4 Å². The molecule has 1 atom stereocenters. The lowest BCUT2D eigenvalue weighted by atomic mass is 10.1. The molecule has 2 aromatic heterocycles. The number of benzene rings is 2. The molecule has 4 rings (SSSR count). The maximum Gasteiger partial charge on any atom is 0.265 e. The Hall–Kier alpha value is -3.32. The van der Waals surface area contributed by atoms with E-state index in [0.717, 1.165) is 26.5 Å². The summed E-state index contributed by atoms with van der Waals surface area (Å²) in [6.45, 7) is 3.58. The molecule has 7 heteroatoms. The smallest absolute Gasteiger partial charge is 0.265 e. The number of nitrogens with one attached hydrogen (secondary N) is 1. The van der Waals surface area contributed by atoms with Crippen molar-refractivity contribution in [2.75, 3.05) is 5.32 Å². The summed E-state index contributed by atoms with van der Waals surface area (Å²) in [5, 5.41) is 3.76. The second-order valence-corrected chi connectivity index (χ2v) is 7.56. The first kappa shape index (κ1) is 19.0. The number of pyridine rings is 1. The van der Waals surface area contributed by atoms with Crippen molar-refractivity contribution in [1.82, 2.24) is 9.97 Å². The molecule has 0 aliphatic rings. The van der Waals surface area contributed by atoms with Gasteiger partial charge in [0, 0.05) is 17.4 Å². The predicted molar refractivity (Wildman–Crippen MR) is 113 cm³/mol. The van der Waals surface area contributed by atoms with Crippen LogP contribution in [-0.4, -0.2) is 22.0 Å². The van der Waals surface area contributed by atoms with Gasteiger partial charge in [0.15, 0.2) is 6.10 Å². The Morgan fingerprint density at radius 1 is 1.17 bits per heavy atom. The third kappa shape index (κ3) is 4.25. The van der Waals surface area contributed by atoms with Crippen molar-refractivity contribution in [2.45, 2.75) is 20.0 Å². The van der Waals surface area contributed by atoms with Crippen molar-refractivity contribution in [3.05, 3.63) is 72.2 Å². The normalized spacial score (nSPS) is 12.0. The molecule has 0 bridgehead atoms. The van der Waals surface area contributed by atoms with Crippen LogP contribution in [0.15, 0.2) is 60.8 Å². The molecular formula is C22H18FN3O2S. The molecule has 0 radical (unpaired) electrons. The van der Waals surface area contributed by atoms with Gasteiger partial charge in [0.1, 0.15) is 26.9 Å². The molecule has 1 unspecified atom stereocenters. The Kier molecular flexibility index (Phi) is 5.22. The summed E-state index contributed by atoms with van der Waals surface area (Å²) in [5.74, 6) is -0.200. The number of thiazole rings is 1. The zero-order valence-corrected chi connectivity index (χ0v) is 16.7. The van der Waals surface area contributed by atoms with Gasteiger partial charge in [-0.2, -0.15) is 0 Å². The molecule has 4 aromatic rings. The summed E-state index contributed by atoms with van der Waals surface area (Å²) in [7, 11) is 0. The van der Waals surface area contributed by atoms with E-state index in [-0.39, 0.29) is 11.7 Å². The van der Waals surface area contributed by atoms with Crippen LogP contribution in [0.4, 0.5) is 10.1 Å². The minimum Gasteiger partial charge on any atom is -0.481 e. The topological polar surface area (TPSA) is 64.1 Å². The zero-order valence-electron chi connectivity index (χ0n) is 15.8. The Morgan fingerprint density at radius 2 is 1.97 bits per heavy atom. The molecule has 2 heterocycles. The summed E-state index contributed by atoms with van der Waals surface area (Å²) < 4.78 is 18.6. The van der Waals surface area contributed by atoms with Gasteiger partial charge in [-0.1, -0.05) is 11.3 Å². The van der Waals surface area contributed by atoms with Gasteiger partial charge in [-0.05, 0) is 74.0 Å². The van der Waals surface area contributed by atoms with E-state index in [4.69, 9.17) is 4.74 Å². The molecule has 0 saturated carbocycles. The van der Waals surface area contributed by atoms with Gasteiger partial charge in [-0.15, -0.1) is 0 Å². The third-order valence-corrected chi connectivity index (χ3v) is 5.42. The lowest BCUT2D eigenvalue weighted by molar-refractivity contribution is -0.122. The number of carbonyl (C=O) groups excluding carboxylic acids is 1. The average molecular weight is 407 g/mol. The van der Waals surface area contributed by atoms with E-state index in [1.807, 2.05) is 37.3 Å². The fourth-order valence-corrected chi connectivity index (χ4v) is 3.74. The first-order chi connectivity index (χ1) is 14.0. The van der Waals surface area contributed by atoms with Crippen LogP contribution in [0.3, 0.4) is 0 Å². The fourth-order valence-electron chi connectivity index (χ4n) is 2.84. The molecule has 0 spiro atoms. The minimum atomic E-state index is -0.727. The number of amides is 1. The van der Waals surface area contributed by atoms with Crippen molar-refractivity contribution in [1.29, 1.82) is 0 Å².